The number of hydrogen-bond acceptors (Lipinski definition) is 5. The van der Waals surface area contributed by atoms with Gasteiger partial charge in [0.15, 0.2) is 5.82 Å². The van der Waals surface area contributed by atoms with Crippen LogP contribution in [0.1, 0.15) is 43.5 Å². The quantitative estimate of drug-likeness (QED) is 0.613. The molecule has 1 aromatic carbocycles. The van der Waals surface area contributed by atoms with Gasteiger partial charge in [-0.3, -0.25) is 4.98 Å². The van der Waals surface area contributed by atoms with Crippen LogP contribution in [0.3, 0.4) is 0 Å². The van der Waals surface area contributed by atoms with E-state index in [0.29, 0.717) is 42.0 Å². The number of anilines is 1. The molecule has 1 saturated carbocycles. The molecule has 1 atom stereocenters. The number of nitrogens with one attached hydrogen (secondary N) is 1. The van der Waals surface area contributed by atoms with Crippen molar-refractivity contribution in [1.29, 1.82) is 0 Å². The SMILES string of the molecule is Cc1c(F)cccc1NC(=O)N1CCCC(CC2CC2)(c2noc(-c3ccncc3)n2)C1. The van der Waals surface area contributed by atoms with E-state index in [-0.39, 0.29) is 17.3 Å². The normalized spacial score (nSPS) is 20.9. The molecule has 0 bridgehead atoms. The molecular weight excluding hydrogens is 409 g/mol. The molecule has 3 aromatic rings. The minimum absolute atomic E-state index is 0.226. The van der Waals surface area contributed by atoms with E-state index in [1.54, 1.807) is 36.4 Å². The number of nitrogens with zero attached hydrogens (tertiary/aromatic N) is 4. The topological polar surface area (TPSA) is 84.2 Å². The number of urea groups is 1. The van der Waals surface area contributed by atoms with Crippen LogP contribution in [0, 0.1) is 18.7 Å². The number of amides is 2. The first-order valence-electron chi connectivity index (χ1n) is 11.1. The zero-order chi connectivity index (χ0) is 22.1. The third kappa shape index (κ3) is 4.09. The van der Waals surface area contributed by atoms with Crippen molar-refractivity contribution < 1.29 is 13.7 Å². The van der Waals surface area contributed by atoms with Crippen molar-refractivity contribution in [3.05, 3.63) is 59.9 Å². The molecule has 32 heavy (non-hydrogen) atoms. The minimum atomic E-state index is -0.345. The molecule has 1 aliphatic carbocycles. The third-order valence-electron chi connectivity index (χ3n) is 6.58. The van der Waals surface area contributed by atoms with Crippen molar-refractivity contribution in [2.75, 3.05) is 18.4 Å². The molecule has 3 heterocycles. The predicted octanol–water partition coefficient (Wildman–Crippen LogP) is 4.94. The van der Waals surface area contributed by atoms with Crippen LogP contribution >= 0.6 is 0 Å². The first kappa shape index (κ1) is 20.6. The van der Waals surface area contributed by atoms with Gasteiger partial charge in [0.05, 0.1) is 5.41 Å². The van der Waals surface area contributed by atoms with Crippen molar-refractivity contribution in [2.45, 2.75) is 44.4 Å². The van der Waals surface area contributed by atoms with Crippen molar-refractivity contribution >= 4 is 11.7 Å². The molecule has 1 N–H and O–H groups in total. The molecule has 2 amide bonds. The van der Waals surface area contributed by atoms with E-state index in [9.17, 15) is 9.18 Å². The molecule has 1 aliphatic heterocycles. The van der Waals surface area contributed by atoms with Crippen LogP contribution in [-0.4, -0.2) is 39.1 Å². The zero-order valence-corrected chi connectivity index (χ0v) is 18.1. The lowest BCUT2D eigenvalue weighted by atomic mass is 9.75. The van der Waals surface area contributed by atoms with Crippen LogP contribution in [0.25, 0.3) is 11.5 Å². The average molecular weight is 436 g/mol. The van der Waals surface area contributed by atoms with Gasteiger partial charge < -0.3 is 14.7 Å². The van der Waals surface area contributed by atoms with Crippen LogP contribution < -0.4 is 5.32 Å². The number of piperidine rings is 1. The van der Waals surface area contributed by atoms with Crippen LogP contribution in [0.5, 0.6) is 0 Å². The van der Waals surface area contributed by atoms with Gasteiger partial charge in [0.25, 0.3) is 5.89 Å². The van der Waals surface area contributed by atoms with Gasteiger partial charge in [-0.05, 0) is 56.4 Å². The number of aromatic nitrogens is 3. The number of pyridine rings is 1. The van der Waals surface area contributed by atoms with E-state index >= 15 is 0 Å². The molecule has 8 heteroatoms. The fourth-order valence-electron chi connectivity index (χ4n) is 4.61. The second-order valence-corrected chi connectivity index (χ2v) is 8.95. The number of rotatable bonds is 5. The minimum Gasteiger partial charge on any atom is -0.334 e. The number of halogens is 1. The summed E-state index contributed by atoms with van der Waals surface area (Å²) in [5.74, 6) is 1.43. The highest BCUT2D eigenvalue weighted by Gasteiger charge is 2.46. The Hall–Kier alpha value is -3.29. The summed E-state index contributed by atoms with van der Waals surface area (Å²) in [5, 5.41) is 7.24. The van der Waals surface area contributed by atoms with Crippen LogP contribution in [-0.2, 0) is 5.41 Å². The average Bonchev–Trinajstić information content (AvgIpc) is 3.47. The summed E-state index contributed by atoms with van der Waals surface area (Å²) in [6.07, 6.45) is 8.48. The number of carbonyl (C=O) groups excluding carboxylic acids is 1. The standard InChI is InChI=1S/C24H26FN5O2/c1-16-19(25)4-2-5-20(16)27-23(31)30-13-3-10-24(15-30,14-17-6-7-17)22-28-21(32-29-22)18-8-11-26-12-9-18/h2,4-5,8-9,11-12,17H,3,6-7,10,13-15H2,1H3,(H,27,31). The van der Waals surface area contributed by atoms with E-state index < -0.39 is 0 Å². The predicted molar refractivity (Wildman–Crippen MR) is 118 cm³/mol. The van der Waals surface area contributed by atoms with Crippen molar-refractivity contribution in [3.63, 3.8) is 0 Å². The Morgan fingerprint density at radius 1 is 1.28 bits per heavy atom. The van der Waals surface area contributed by atoms with Gasteiger partial charge in [-0.25, -0.2) is 9.18 Å². The lowest BCUT2D eigenvalue weighted by molar-refractivity contribution is 0.143. The Bertz CT molecular complexity index is 1110. The maximum Gasteiger partial charge on any atom is 0.321 e. The molecule has 166 valence electrons. The summed E-state index contributed by atoms with van der Waals surface area (Å²) in [4.78, 5) is 23.7. The van der Waals surface area contributed by atoms with E-state index in [2.05, 4.69) is 15.5 Å². The molecule has 2 fully saturated rings. The fourth-order valence-corrected chi connectivity index (χ4v) is 4.61. The van der Waals surface area contributed by atoms with Gasteiger partial charge in [-0.15, -0.1) is 0 Å². The number of hydrogen-bond donors (Lipinski definition) is 1. The monoisotopic (exact) mass is 435 g/mol. The smallest absolute Gasteiger partial charge is 0.321 e. The third-order valence-corrected chi connectivity index (χ3v) is 6.58. The summed E-state index contributed by atoms with van der Waals surface area (Å²) in [5.41, 5.74) is 1.41. The Balaban J connectivity index is 1.39. The van der Waals surface area contributed by atoms with Crippen LogP contribution in [0.2, 0.25) is 0 Å². The molecule has 5 rings (SSSR count). The van der Waals surface area contributed by atoms with E-state index in [1.807, 2.05) is 12.1 Å². The molecule has 1 unspecified atom stereocenters. The maximum atomic E-state index is 13.9. The Morgan fingerprint density at radius 2 is 2.09 bits per heavy atom. The number of likely N-dealkylation sites (tertiary alicyclic amines) is 1. The van der Waals surface area contributed by atoms with Gasteiger partial charge in [0.2, 0.25) is 0 Å². The number of benzene rings is 1. The Morgan fingerprint density at radius 3 is 2.88 bits per heavy atom. The first-order chi connectivity index (χ1) is 15.5. The molecule has 2 aromatic heterocycles. The molecule has 0 radical (unpaired) electrons. The number of carbonyl (C=O) groups is 1. The fraction of sp³-hybridized carbons (Fsp3) is 0.417. The lowest BCUT2D eigenvalue weighted by Gasteiger charge is -2.41. The van der Waals surface area contributed by atoms with Gasteiger partial charge in [-0.2, -0.15) is 4.98 Å². The zero-order valence-electron chi connectivity index (χ0n) is 18.1. The second kappa shape index (κ2) is 8.33. The highest BCUT2D eigenvalue weighted by molar-refractivity contribution is 5.90. The van der Waals surface area contributed by atoms with E-state index in [0.717, 1.165) is 24.8 Å². The van der Waals surface area contributed by atoms with Gasteiger partial charge in [0, 0.05) is 42.3 Å². The summed E-state index contributed by atoms with van der Waals surface area (Å²) in [6.45, 7) is 2.82. The molecule has 1 saturated heterocycles. The molecular formula is C24H26FN5O2. The lowest BCUT2D eigenvalue weighted by Crippen LogP contribution is -2.50. The van der Waals surface area contributed by atoms with Crippen LogP contribution in [0.15, 0.2) is 47.2 Å². The van der Waals surface area contributed by atoms with E-state index in [4.69, 9.17) is 9.51 Å². The largest absolute Gasteiger partial charge is 0.334 e. The second-order valence-electron chi connectivity index (χ2n) is 8.95. The summed E-state index contributed by atoms with van der Waals surface area (Å²) >= 11 is 0. The van der Waals surface area contributed by atoms with Crippen molar-refractivity contribution in [1.82, 2.24) is 20.0 Å². The van der Waals surface area contributed by atoms with Crippen LogP contribution in [0.4, 0.5) is 14.9 Å². The summed E-state index contributed by atoms with van der Waals surface area (Å²) in [6, 6.07) is 8.17. The highest BCUT2D eigenvalue weighted by Crippen LogP contribution is 2.46. The summed E-state index contributed by atoms with van der Waals surface area (Å²) in [7, 11) is 0. The molecule has 2 aliphatic rings. The van der Waals surface area contributed by atoms with Gasteiger partial charge in [0.1, 0.15) is 5.82 Å². The Kier molecular flexibility index (Phi) is 5.36. The van der Waals surface area contributed by atoms with Gasteiger partial charge in [-0.1, -0.05) is 24.1 Å². The van der Waals surface area contributed by atoms with E-state index in [1.165, 1.54) is 18.9 Å². The Labute approximate surface area is 186 Å². The highest BCUT2D eigenvalue weighted by atomic mass is 19.1. The molecule has 7 nitrogen and oxygen atoms in total. The van der Waals surface area contributed by atoms with Gasteiger partial charge >= 0.3 is 6.03 Å². The first-order valence-corrected chi connectivity index (χ1v) is 11.1. The van der Waals surface area contributed by atoms with Crippen molar-refractivity contribution in [2.24, 2.45) is 5.92 Å². The maximum absolute atomic E-state index is 13.9. The summed E-state index contributed by atoms with van der Waals surface area (Å²) < 4.78 is 19.5. The molecule has 0 spiro atoms. The van der Waals surface area contributed by atoms with Crippen molar-refractivity contribution in [3.8, 4) is 11.5 Å².